The monoisotopic (exact) mass is 655 g/mol. The highest BCUT2D eigenvalue weighted by Crippen LogP contribution is 2.48. The summed E-state index contributed by atoms with van der Waals surface area (Å²) in [5.74, 6) is 1.90. The Bertz CT molecular complexity index is 2380. The fourth-order valence-electron chi connectivity index (χ4n) is 7.20. The lowest BCUT2D eigenvalue weighted by Crippen LogP contribution is -2.16. The van der Waals surface area contributed by atoms with Crippen molar-refractivity contribution in [3.05, 3.63) is 194 Å². The quantitative estimate of drug-likeness (QED) is 0.164. The van der Waals surface area contributed by atoms with Gasteiger partial charge in [-0.1, -0.05) is 167 Å². The van der Waals surface area contributed by atoms with E-state index in [4.69, 9.17) is 15.0 Å². The summed E-state index contributed by atoms with van der Waals surface area (Å²) < 4.78 is 0. The van der Waals surface area contributed by atoms with Crippen molar-refractivity contribution in [3.8, 4) is 67.5 Å². The molecule has 1 aliphatic rings. The van der Waals surface area contributed by atoms with Crippen LogP contribution in [-0.4, -0.2) is 15.0 Å². The molecule has 0 unspecified atom stereocenters. The average Bonchev–Trinajstić information content (AvgIpc) is 3.42. The minimum absolute atomic E-state index is 0.201. The molecule has 0 aliphatic heterocycles. The first-order valence-corrected chi connectivity index (χ1v) is 17.3. The maximum absolute atomic E-state index is 5.09. The number of fused-ring (bicyclic) bond motifs is 1. The molecular formula is C48H37N3. The summed E-state index contributed by atoms with van der Waals surface area (Å²) in [5.41, 5.74) is 14.2. The summed E-state index contributed by atoms with van der Waals surface area (Å²) in [7, 11) is 0. The maximum atomic E-state index is 5.09. The highest BCUT2D eigenvalue weighted by atomic mass is 15.0. The molecule has 0 saturated carbocycles. The van der Waals surface area contributed by atoms with Crippen LogP contribution in [0.3, 0.4) is 0 Å². The molecule has 3 nitrogen and oxygen atoms in total. The second-order valence-electron chi connectivity index (χ2n) is 13.4. The molecule has 0 N–H and O–H groups in total. The van der Waals surface area contributed by atoms with Gasteiger partial charge in [0, 0.05) is 22.1 Å². The summed E-state index contributed by atoms with van der Waals surface area (Å²) >= 11 is 0. The van der Waals surface area contributed by atoms with Crippen molar-refractivity contribution in [2.24, 2.45) is 0 Å². The molecule has 0 spiro atoms. The van der Waals surface area contributed by atoms with Crippen LogP contribution in [0.4, 0.5) is 0 Å². The van der Waals surface area contributed by atoms with Crippen LogP contribution in [0.25, 0.3) is 73.1 Å². The van der Waals surface area contributed by atoms with Gasteiger partial charge in [0.05, 0.1) is 0 Å². The van der Waals surface area contributed by atoms with E-state index in [1.54, 1.807) is 0 Å². The van der Waals surface area contributed by atoms with Crippen molar-refractivity contribution in [3.63, 3.8) is 0 Å². The summed E-state index contributed by atoms with van der Waals surface area (Å²) in [4.78, 5) is 15.1. The fraction of sp³-hybridized carbons (Fsp3) is 0.0625. The standard InChI is InChI=1S/C48H37N3/c1-5-41-42-27-26-37(31-44(42)48(3,4)43(41)6-2)39-28-38(34-24-22-33(23-25-34)32-16-10-7-11-17-32)29-40(30-39)47-50-45(35-18-12-8-13-19-35)49-46(51-47)36-20-14-9-15-21-36/h5-31H,1-2H2,3-4H3. The summed E-state index contributed by atoms with van der Waals surface area (Å²) in [5, 5.41) is 0. The van der Waals surface area contributed by atoms with E-state index >= 15 is 0 Å². The number of rotatable bonds is 8. The fourth-order valence-corrected chi connectivity index (χ4v) is 7.20. The lowest BCUT2D eigenvalue weighted by Gasteiger charge is -2.23. The number of nitrogens with zero attached hydrogens (tertiary/aromatic N) is 3. The van der Waals surface area contributed by atoms with Gasteiger partial charge in [-0.25, -0.2) is 15.0 Å². The predicted octanol–water partition coefficient (Wildman–Crippen LogP) is 12.3. The molecule has 6 aromatic carbocycles. The van der Waals surface area contributed by atoms with E-state index < -0.39 is 0 Å². The van der Waals surface area contributed by atoms with Gasteiger partial charge in [0.2, 0.25) is 0 Å². The molecule has 0 radical (unpaired) electrons. The average molecular weight is 656 g/mol. The Labute approximate surface area is 300 Å². The van der Waals surface area contributed by atoms with E-state index in [-0.39, 0.29) is 5.41 Å². The second-order valence-corrected chi connectivity index (χ2v) is 13.4. The van der Waals surface area contributed by atoms with Crippen LogP contribution in [0.1, 0.15) is 25.0 Å². The number of benzene rings is 6. The molecule has 8 rings (SSSR count). The molecule has 0 atom stereocenters. The zero-order valence-electron chi connectivity index (χ0n) is 28.8. The van der Waals surface area contributed by atoms with E-state index in [2.05, 4.69) is 112 Å². The molecule has 0 amide bonds. The van der Waals surface area contributed by atoms with Crippen LogP contribution in [0, 0.1) is 0 Å². The van der Waals surface area contributed by atoms with Crippen molar-refractivity contribution in [2.75, 3.05) is 0 Å². The predicted molar refractivity (Wildman–Crippen MR) is 213 cm³/mol. The van der Waals surface area contributed by atoms with Crippen LogP contribution in [0.5, 0.6) is 0 Å². The lowest BCUT2D eigenvalue weighted by atomic mass is 9.80. The lowest BCUT2D eigenvalue weighted by molar-refractivity contribution is 0.655. The van der Waals surface area contributed by atoms with Crippen molar-refractivity contribution in [1.82, 2.24) is 15.0 Å². The van der Waals surface area contributed by atoms with Crippen LogP contribution in [-0.2, 0) is 5.41 Å². The normalized spacial score (nSPS) is 13.1. The van der Waals surface area contributed by atoms with Gasteiger partial charge in [0.1, 0.15) is 0 Å². The second kappa shape index (κ2) is 13.1. The van der Waals surface area contributed by atoms with Crippen LogP contribution in [0.2, 0.25) is 0 Å². The van der Waals surface area contributed by atoms with Crippen molar-refractivity contribution >= 4 is 5.57 Å². The summed E-state index contributed by atoms with van der Waals surface area (Å²) in [6.07, 6.45) is 3.93. The smallest absolute Gasteiger partial charge is 0.164 e. The molecular weight excluding hydrogens is 619 g/mol. The highest BCUT2D eigenvalue weighted by Gasteiger charge is 2.35. The molecule has 1 aliphatic carbocycles. The molecule has 51 heavy (non-hydrogen) atoms. The molecule has 1 heterocycles. The molecule has 3 heteroatoms. The topological polar surface area (TPSA) is 38.7 Å². The van der Waals surface area contributed by atoms with E-state index in [0.29, 0.717) is 17.5 Å². The van der Waals surface area contributed by atoms with Crippen LogP contribution >= 0.6 is 0 Å². The Balaban J connectivity index is 1.32. The van der Waals surface area contributed by atoms with Gasteiger partial charge in [-0.05, 0) is 79.9 Å². The SMILES string of the molecule is C=CC1=C(C=C)C(C)(C)c2cc(-c3cc(-c4ccc(-c5ccccc5)cc4)cc(-c4nc(-c5ccccc5)nc(-c5ccccc5)n4)c3)ccc21. The summed E-state index contributed by atoms with van der Waals surface area (Å²) in [6, 6.07) is 52.9. The van der Waals surface area contributed by atoms with E-state index in [1.165, 1.54) is 27.8 Å². The van der Waals surface area contributed by atoms with Crippen molar-refractivity contribution in [2.45, 2.75) is 19.3 Å². The van der Waals surface area contributed by atoms with Gasteiger partial charge < -0.3 is 0 Å². The molecule has 0 bridgehead atoms. The minimum atomic E-state index is -0.201. The minimum Gasteiger partial charge on any atom is -0.208 e. The summed E-state index contributed by atoms with van der Waals surface area (Å²) in [6.45, 7) is 12.8. The van der Waals surface area contributed by atoms with Gasteiger partial charge in [0.25, 0.3) is 0 Å². The first kappa shape index (κ1) is 31.8. The molecule has 0 saturated heterocycles. The largest absolute Gasteiger partial charge is 0.208 e. The Morgan fingerprint density at radius 3 is 1.33 bits per heavy atom. The van der Waals surface area contributed by atoms with Gasteiger partial charge in [-0.15, -0.1) is 0 Å². The van der Waals surface area contributed by atoms with E-state index in [9.17, 15) is 0 Å². The number of aromatic nitrogens is 3. The zero-order valence-corrected chi connectivity index (χ0v) is 28.8. The Kier molecular flexibility index (Phi) is 8.17. The number of hydrogen-bond acceptors (Lipinski definition) is 3. The number of allylic oxidation sites excluding steroid dienone is 4. The van der Waals surface area contributed by atoms with E-state index in [1.807, 2.05) is 78.9 Å². The highest BCUT2D eigenvalue weighted by molar-refractivity contribution is 5.90. The zero-order chi connectivity index (χ0) is 35.0. The Hall–Kier alpha value is -6.45. The third-order valence-electron chi connectivity index (χ3n) is 9.90. The first-order chi connectivity index (χ1) is 24.9. The molecule has 7 aromatic rings. The van der Waals surface area contributed by atoms with Gasteiger partial charge >= 0.3 is 0 Å². The molecule has 1 aromatic heterocycles. The van der Waals surface area contributed by atoms with Crippen molar-refractivity contribution in [1.29, 1.82) is 0 Å². The Morgan fingerprint density at radius 2 is 0.824 bits per heavy atom. The third kappa shape index (κ3) is 5.94. The number of hydrogen-bond donors (Lipinski definition) is 0. The van der Waals surface area contributed by atoms with Crippen LogP contribution < -0.4 is 0 Å². The van der Waals surface area contributed by atoms with Gasteiger partial charge in [0.15, 0.2) is 17.5 Å². The van der Waals surface area contributed by atoms with Crippen molar-refractivity contribution < 1.29 is 0 Å². The Morgan fingerprint density at radius 1 is 0.412 bits per heavy atom. The third-order valence-corrected chi connectivity index (χ3v) is 9.90. The van der Waals surface area contributed by atoms with Gasteiger partial charge in [-0.3, -0.25) is 0 Å². The van der Waals surface area contributed by atoms with Gasteiger partial charge in [-0.2, -0.15) is 0 Å². The molecule has 244 valence electrons. The maximum Gasteiger partial charge on any atom is 0.164 e. The van der Waals surface area contributed by atoms with Crippen LogP contribution in [0.15, 0.2) is 183 Å². The van der Waals surface area contributed by atoms with E-state index in [0.717, 1.165) is 44.5 Å². The first-order valence-electron chi connectivity index (χ1n) is 17.3. The molecule has 0 fully saturated rings.